The molecule has 2 saturated heterocycles. The number of alkyl halides is 3. The van der Waals surface area contributed by atoms with Crippen LogP contribution in [0.15, 0.2) is 41.5 Å². The molecule has 0 spiro atoms. The van der Waals surface area contributed by atoms with E-state index in [1.807, 2.05) is 15.9 Å². The molecule has 0 bridgehead atoms. The van der Waals surface area contributed by atoms with Crippen LogP contribution < -0.4 is 25.9 Å². The lowest BCUT2D eigenvalue weighted by atomic mass is 9.92. The molecule has 2 aliphatic heterocycles. The van der Waals surface area contributed by atoms with Gasteiger partial charge >= 0.3 is 6.18 Å². The van der Waals surface area contributed by atoms with Crippen LogP contribution in [0.1, 0.15) is 36.8 Å². The first-order valence-corrected chi connectivity index (χ1v) is 13.3. The minimum Gasteiger partial charge on any atom is -0.375 e. The van der Waals surface area contributed by atoms with Gasteiger partial charge in [-0.3, -0.25) is 5.43 Å². The van der Waals surface area contributed by atoms with E-state index in [0.29, 0.717) is 55.5 Å². The Labute approximate surface area is 230 Å². The number of thiocarbonyl (C=S) groups is 1. The van der Waals surface area contributed by atoms with E-state index in [1.54, 1.807) is 6.07 Å². The number of hydrogen-bond donors (Lipinski definition) is 2. The Morgan fingerprint density at radius 2 is 1.72 bits per heavy atom. The molecule has 2 heterocycles. The van der Waals surface area contributed by atoms with Crippen molar-refractivity contribution in [3.63, 3.8) is 0 Å². The van der Waals surface area contributed by atoms with E-state index in [9.17, 15) is 13.2 Å². The predicted molar refractivity (Wildman–Crippen MR) is 150 cm³/mol. The van der Waals surface area contributed by atoms with Gasteiger partial charge in [0.15, 0.2) is 5.11 Å². The lowest BCUT2D eigenvalue weighted by Gasteiger charge is -2.39. The van der Waals surface area contributed by atoms with Crippen LogP contribution in [-0.2, 0) is 6.18 Å². The van der Waals surface area contributed by atoms with Crippen molar-refractivity contribution >= 4 is 40.6 Å². The zero-order valence-electron chi connectivity index (χ0n) is 21.4. The van der Waals surface area contributed by atoms with Crippen LogP contribution in [0, 0.1) is 23.1 Å². The third kappa shape index (κ3) is 7.29. The van der Waals surface area contributed by atoms with E-state index in [-0.39, 0.29) is 5.11 Å². The van der Waals surface area contributed by atoms with Crippen molar-refractivity contribution < 1.29 is 17.6 Å². The molecule has 3 N–H and O–H groups in total. The average molecular weight is 562 g/mol. The molecule has 208 valence electrons. The Hall–Kier alpha value is -3.59. The Kier molecular flexibility index (Phi) is 9.12. The minimum atomic E-state index is -4.41. The molecule has 0 atom stereocenters. The maximum atomic E-state index is 15.4. The summed E-state index contributed by atoms with van der Waals surface area (Å²) in [6.07, 6.45) is 0.380. The van der Waals surface area contributed by atoms with E-state index < -0.39 is 17.6 Å². The molecule has 0 saturated carbocycles. The molecule has 0 aliphatic carbocycles. The van der Waals surface area contributed by atoms with Crippen molar-refractivity contribution in [3.05, 3.63) is 53.3 Å². The number of nitrogens with two attached hydrogens (primary N) is 1. The van der Waals surface area contributed by atoms with Crippen LogP contribution >= 0.6 is 12.2 Å². The fraction of sp³-hybridized carbons (Fsp3) is 0.444. The van der Waals surface area contributed by atoms with E-state index in [2.05, 4.69) is 21.5 Å². The number of benzene rings is 2. The molecule has 0 amide bonds. The van der Waals surface area contributed by atoms with Gasteiger partial charge in [0.25, 0.3) is 0 Å². The highest BCUT2D eigenvalue weighted by molar-refractivity contribution is 7.80. The quantitative estimate of drug-likeness (QED) is 0.216. The number of piperazine rings is 1. The van der Waals surface area contributed by atoms with Crippen LogP contribution in [-0.4, -0.2) is 50.6 Å². The molecule has 2 aromatic rings. The summed E-state index contributed by atoms with van der Waals surface area (Å²) < 4.78 is 54.9. The van der Waals surface area contributed by atoms with Crippen molar-refractivity contribution in [2.75, 3.05) is 54.0 Å². The number of anilines is 3. The minimum absolute atomic E-state index is 0.00170. The number of hydrogen-bond acceptors (Lipinski definition) is 6. The molecule has 4 rings (SSSR count). The zero-order valence-corrected chi connectivity index (χ0v) is 22.2. The molecule has 0 aromatic heterocycles. The third-order valence-corrected chi connectivity index (χ3v) is 7.34. The fourth-order valence-electron chi connectivity index (χ4n) is 5.17. The number of nitrogens with zero attached hydrogens (tertiary/aromatic N) is 5. The van der Waals surface area contributed by atoms with Gasteiger partial charge in [0.05, 0.1) is 23.5 Å². The third-order valence-electron chi connectivity index (χ3n) is 7.25. The van der Waals surface area contributed by atoms with E-state index in [1.165, 1.54) is 18.3 Å². The number of hydrazone groups is 1. The Morgan fingerprint density at radius 3 is 2.36 bits per heavy atom. The Morgan fingerprint density at radius 1 is 1.05 bits per heavy atom. The van der Waals surface area contributed by atoms with Gasteiger partial charge in [0, 0.05) is 62.6 Å². The topological polar surface area (TPSA) is 83.9 Å². The second-order valence-corrected chi connectivity index (χ2v) is 10.2. The first kappa shape index (κ1) is 28.4. The van der Waals surface area contributed by atoms with Gasteiger partial charge in [-0.25, -0.2) is 4.39 Å². The van der Waals surface area contributed by atoms with Gasteiger partial charge < -0.3 is 20.4 Å². The Bertz CT molecular complexity index is 1230. The molecular weight excluding hydrogens is 530 g/mol. The maximum Gasteiger partial charge on any atom is 0.416 e. The van der Waals surface area contributed by atoms with Crippen molar-refractivity contribution in [1.29, 1.82) is 5.26 Å². The zero-order chi connectivity index (χ0) is 28.0. The highest BCUT2D eigenvalue weighted by atomic mass is 32.1. The Balaban J connectivity index is 1.52. The van der Waals surface area contributed by atoms with Gasteiger partial charge in [-0.1, -0.05) is 6.07 Å². The normalized spacial score (nSPS) is 16.9. The van der Waals surface area contributed by atoms with Crippen LogP contribution in [0.2, 0.25) is 0 Å². The first-order valence-electron chi connectivity index (χ1n) is 12.9. The van der Waals surface area contributed by atoms with Crippen molar-refractivity contribution in [2.24, 2.45) is 16.8 Å². The molecule has 0 radical (unpaired) electrons. The highest BCUT2D eigenvalue weighted by Crippen LogP contribution is 2.35. The summed E-state index contributed by atoms with van der Waals surface area (Å²) in [4.78, 5) is 6.02. The summed E-state index contributed by atoms with van der Waals surface area (Å²) in [5.74, 6) is 0.0742. The number of rotatable bonds is 7. The summed E-state index contributed by atoms with van der Waals surface area (Å²) in [5, 5.41) is 12.9. The standard InChI is InChI=1S/C27H31F4N7S/c28-23-15-20(18-34-35-26(33)39)24(37-9-6-19(7-10-37)3-2-8-32)17-25(23)38-13-11-36(12-14-38)22-5-1-4-21(16-22)27(29,30)31/h1,4-5,15-19H,2-3,6-7,9-14H2,(H3,33,35,39). The first-order chi connectivity index (χ1) is 18.7. The SMILES string of the molecule is N#CCCC1CCN(c2cc(N3CCN(c4cccc(C(F)(F)F)c4)CC3)c(F)cc2C=NNC(N)=S)CC1. The van der Waals surface area contributed by atoms with Gasteiger partial charge in [0.1, 0.15) is 5.82 Å². The van der Waals surface area contributed by atoms with Crippen LogP contribution in [0.4, 0.5) is 34.6 Å². The molecular formula is C27H31F4N7S. The summed E-state index contributed by atoms with van der Waals surface area (Å²) in [6.45, 7) is 3.38. The molecule has 2 aromatic carbocycles. The van der Waals surface area contributed by atoms with Crippen LogP contribution in [0.25, 0.3) is 0 Å². The summed E-state index contributed by atoms with van der Waals surface area (Å²) in [6, 6.07) is 10.8. The van der Waals surface area contributed by atoms with Crippen LogP contribution in [0.5, 0.6) is 0 Å². The van der Waals surface area contributed by atoms with Gasteiger partial charge in [-0.05, 0) is 67.7 Å². The van der Waals surface area contributed by atoms with Gasteiger partial charge in [-0.15, -0.1) is 0 Å². The smallest absolute Gasteiger partial charge is 0.375 e. The molecule has 2 fully saturated rings. The predicted octanol–water partition coefficient (Wildman–Crippen LogP) is 4.86. The summed E-state index contributed by atoms with van der Waals surface area (Å²) >= 11 is 4.80. The summed E-state index contributed by atoms with van der Waals surface area (Å²) in [5.41, 5.74) is 9.64. The average Bonchev–Trinajstić information content (AvgIpc) is 2.92. The number of nitriles is 1. The lowest BCUT2D eigenvalue weighted by Crippen LogP contribution is -2.47. The lowest BCUT2D eigenvalue weighted by molar-refractivity contribution is -0.137. The molecule has 0 unspecified atom stereocenters. The van der Waals surface area contributed by atoms with Crippen molar-refractivity contribution in [3.8, 4) is 6.07 Å². The van der Waals surface area contributed by atoms with Crippen LogP contribution in [0.3, 0.4) is 0 Å². The van der Waals surface area contributed by atoms with Crippen molar-refractivity contribution in [2.45, 2.75) is 31.9 Å². The van der Waals surface area contributed by atoms with E-state index >= 15 is 4.39 Å². The molecule has 39 heavy (non-hydrogen) atoms. The van der Waals surface area contributed by atoms with E-state index in [0.717, 1.165) is 50.2 Å². The number of piperidine rings is 1. The second-order valence-electron chi connectivity index (χ2n) is 9.75. The van der Waals surface area contributed by atoms with Crippen molar-refractivity contribution in [1.82, 2.24) is 5.43 Å². The molecule has 12 heteroatoms. The largest absolute Gasteiger partial charge is 0.416 e. The van der Waals surface area contributed by atoms with Gasteiger partial charge in [-0.2, -0.15) is 23.5 Å². The number of halogens is 4. The summed E-state index contributed by atoms with van der Waals surface area (Å²) in [7, 11) is 0. The highest BCUT2D eigenvalue weighted by Gasteiger charge is 2.31. The number of nitrogens with one attached hydrogen (secondary N) is 1. The molecule has 2 aliphatic rings. The van der Waals surface area contributed by atoms with E-state index in [4.69, 9.17) is 23.2 Å². The van der Waals surface area contributed by atoms with Gasteiger partial charge in [0.2, 0.25) is 0 Å². The maximum absolute atomic E-state index is 15.4. The fourth-order valence-corrected chi connectivity index (χ4v) is 5.22. The molecule has 7 nitrogen and oxygen atoms in total. The monoisotopic (exact) mass is 561 g/mol. The second kappa shape index (κ2) is 12.5.